The molecule has 0 aliphatic rings. The van der Waals surface area contributed by atoms with Gasteiger partial charge in [-0.05, 0) is 37.8 Å². The van der Waals surface area contributed by atoms with Gasteiger partial charge in [0.25, 0.3) is 0 Å². The van der Waals surface area contributed by atoms with Gasteiger partial charge in [-0.2, -0.15) is 0 Å². The van der Waals surface area contributed by atoms with Crippen LogP contribution in [0.2, 0.25) is 0 Å². The summed E-state index contributed by atoms with van der Waals surface area (Å²) in [6, 6.07) is 0. The zero-order valence-electron chi connectivity index (χ0n) is 10.1. The third-order valence-electron chi connectivity index (χ3n) is 2.79. The first-order valence-corrected chi connectivity index (χ1v) is 5.76. The van der Waals surface area contributed by atoms with E-state index in [1.54, 1.807) is 0 Å². The van der Waals surface area contributed by atoms with Crippen molar-refractivity contribution in [1.29, 1.82) is 0 Å². The molecule has 0 saturated carbocycles. The van der Waals surface area contributed by atoms with E-state index in [0.29, 0.717) is 0 Å². The molecular formula is C12H27N. The summed E-state index contributed by atoms with van der Waals surface area (Å²) in [5.41, 5.74) is 0. The smallest absolute Gasteiger partial charge is 0.00209 e. The van der Waals surface area contributed by atoms with Crippen LogP contribution in [0.1, 0.15) is 47.0 Å². The van der Waals surface area contributed by atoms with Crippen LogP contribution >= 0.6 is 0 Å². The SMILES string of the molecule is CCCC(C)C(CNC)CC(C)C. The van der Waals surface area contributed by atoms with Gasteiger partial charge >= 0.3 is 0 Å². The lowest BCUT2D eigenvalue weighted by atomic mass is 9.84. The molecule has 0 amide bonds. The molecule has 1 nitrogen and oxygen atoms in total. The van der Waals surface area contributed by atoms with E-state index in [2.05, 4.69) is 40.1 Å². The lowest BCUT2D eigenvalue weighted by Gasteiger charge is -2.25. The largest absolute Gasteiger partial charge is 0.319 e. The van der Waals surface area contributed by atoms with E-state index in [4.69, 9.17) is 0 Å². The summed E-state index contributed by atoms with van der Waals surface area (Å²) in [6.07, 6.45) is 4.06. The standard InChI is InChI=1S/C12H27N/c1-6-7-11(4)12(9-13-5)8-10(2)3/h10-13H,6-9H2,1-5H3. The maximum Gasteiger partial charge on any atom is -0.00209 e. The topological polar surface area (TPSA) is 12.0 Å². The molecule has 0 rings (SSSR count). The van der Waals surface area contributed by atoms with Crippen molar-refractivity contribution < 1.29 is 0 Å². The quantitative estimate of drug-likeness (QED) is 0.641. The Hall–Kier alpha value is -0.0400. The Morgan fingerprint density at radius 3 is 2.15 bits per heavy atom. The van der Waals surface area contributed by atoms with E-state index >= 15 is 0 Å². The van der Waals surface area contributed by atoms with Gasteiger partial charge in [-0.3, -0.25) is 0 Å². The molecule has 2 atom stereocenters. The number of nitrogens with one attached hydrogen (secondary N) is 1. The van der Waals surface area contributed by atoms with Gasteiger partial charge in [-0.15, -0.1) is 0 Å². The fourth-order valence-electron chi connectivity index (χ4n) is 2.08. The van der Waals surface area contributed by atoms with Crippen molar-refractivity contribution in [2.24, 2.45) is 17.8 Å². The molecule has 1 N–H and O–H groups in total. The summed E-state index contributed by atoms with van der Waals surface area (Å²) in [7, 11) is 2.06. The van der Waals surface area contributed by atoms with E-state index < -0.39 is 0 Å². The van der Waals surface area contributed by atoms with Gasteiger partial charge in [0.05, 0.1) is 0 Å². The predicted octanol–water partition coefficient (Wildman–Crippen LogP) is 3.30. The molecule has 0 bridgehead atoms. The van der Waals surface area contributed by atoms with Gasteiger partial charge in [-0.25, -0.2) is 0 Å². The first-order chi connectivity index (χ1) is 6.11. The van der Waals surface area contributed by atoms with Crippen molar-refractivity contribution in [3.8, 4) is 0 Å². The molecule has 13 heavy (non-hydrogen) atoms. The molecule has 0 radical (unpaired) electrons. The average molecular weight is 185 g/mol. The van der Waals surface area contributed by atoms with Crippen LogP contribution in [0.4, 0.5) is 0 Å². The van der Waals surface area contributed by atoms with Gasteiger partial charge in [0.1, 0.15) is 0 Å². The van der Waals surface area contributed by atoms with E-state index in [1.165, 1.54) is 25.8 Å². The Bertz CT molecular complexity index is 110. The van der Waals surface area contributed by atoms with Crippen molar-refractivity contribution in [3.05, 3.63) is 0 Å². The molecule has 0 saturated heterocycles. The number of hydrogen-bond donors (Lipinski definition) is 1. The predicted molar refractivity (Wildman–Crippen MR) is 60.9 cm³/mol. The monoisotopic (exact) mass is 185 g/mol. The summed E-state index contributed by atoms with van der Waals surface area (Å²) < 4.78 is 0. The maximum absolute atomic E-state index is 3.31. The van der Waals surface area contributed by atoms with E-state index in [1.807, 2.05) is 0 Å². The van der Waals surface area contributed by atoms with Crippen LogP contribution in [0, 0.1) is 17.8 Å². The van der Waals surface area contributed by atoms with E-state index in [9.17, 15) is 0 Å². The van der Waals surface area contributed by atoms with Gasteiger partial charge in [0.15, 0.2) is 0 Å². The van der Waals surface area contributed by atoms with Crippen molar-refractivity contribution >= 4 is 0 Å². The Morgan fingerprint density at radius 1 is 1.15 bits per heavy atom. The molecule has 0 heterocycles. The highest BCUT2D eigenvalue weighted by molar-refractivity contribution is 4.69. The highest BCUT2D eigenvalue weighted by Gasteiger charge is 2.16. The zero-order valence-corrected chi connectivity index (χ0v) is 10.1. The fourth-order valence-corrected chi connectivity index (χ4v) is 2.08. The molecule has 0 aromatic rings. The molecule has 2 unspecified atom stereocenters. The first-order valence-electron chi connectivity index (χ1n) is 5.76. The number of rotatable bonds is 7. The third kappa shape index (κ3) is 6.09. The minimum Gasteiger partial charge on any atom is -0.319 e. The van der Waals surface area contributed by atoms with Crippen LogP contribution in [-0.4, -0.2) is 13.6 Å². The molecule has 0 aliphatic heterocycles. The van der Waals surface area contributed by atoms with Crippen molar-refractivity contribution in [2.75, 3.05) is 13.6 Å². The lowest BCUT2D eigenvalue weighted by molar-refractivity contribution is 0.278. The minimum absolute atomic E-state index is 0.831. The Morgan fingerprint density at radius 2 is 1.77 bits per heavy atom. The second-order valence-corrected chi connectivity index (χ2v) is 4.71. The normalized spacial score (nSPS) is 16.2. The maximum atomic E-state index is 3.31. The molecule has 1 heteroatoms. The summed E-state index contributed by atoms with van der Waals surface area (Å²) in [5, 5.41) is 3.31. The molecular weight excluding hydrogens is 158 g/mol. The Labute approximate surface area is 84.3 Å². The highest BCUT2D eigenvalue weighted by Crippen LogP contribution is 2.23. The molecule has 0 spiro atoms. The van der Waals surface area contributed by atoms with Crippen LogP contribution in [0.5, 0.6) is 0 Å². The van der Waals surface area contributed by atoms with Crippen LogP contribution in [0.25, 0.3) is 0 Å². The molecule has 0 aromatic carbocycles. The van der Waals surface area contributed by atoms with Gasteiger partial charge < -0.3 is 5.32 Å². The van der Waals surface area contributed by atoms with Gasteiger partial charge in [0.2, 0.25) is 0 Å². The lowest BCUT2D eigenvalue weighted by Crippen LogP contribution is -2.25. The summed E-state index contributed by atoms with van der Waals surface area (Å²) >= 11 is 0. The fraction of sp³-hybridized carbons (Fsp3) is 1.00. The number of hydrogen-bond acceptors (Lipinski definition) is 1. The summed E-state index contributed by atoms with van der Waals surface area (Å²) in [4.78, 5) is 0. The molecule has 0 aromatic heterocycles. The molecule has 0 fully saturated rings. The van der Waals surface area contributed by atoms with Crippen LogP contribution in [-0.2, 0) is 0 Å². The van der Waals surface area contributed by atoms with Crippen LogP contribution in [0.3, 0.4) is 0 Å². The zero-order chi connectivity index (χ0) is 10.3. The average Bonchev–Trinajstić information content (AvgIpc) is 2.03. The molecule has 80 valence electrons. The van der Waals surface area contributed by atoms with Crippen molar-refractivity contribution in [3.63, 3.8) is 0 Å². The van der Waals surface area contributed by atoms with Crippen LogP contribution in [0.15, 0.2) is 0 Å². The summed E-state index contributed by atoms with van der Waals surface area (Å²) in [6.45, 7) is 10.5. The van der Waals surface area contributed by atoms with Crippen molar-refractivity contribution in [1.82, 2.24) is 5.32 Å². The van der Waals surface area contributed by atoms with Gasteiger partial charge in [-0.1, -0.05) is 40.5 Å². The van der Waals surface area contributed by atoms with Gasteiger partial charge in [0, 0.05) is 0 Å². The van der Waals surface area contributed by atoms with E-state index in [-0.39, 0.29) is 0 Å². The molecule has 0 aliphatic carbocycles. The second kappa shape index (κ2) is 7.37. The minimum atomic E-state index is 0.831. The second-order valence-electron chi connectivity index (χ2n) is 4.71. The highest BCUT2D eigenvalue weighted by atomic mass is 14.8. The summed E-state index contributed by atoms with van der Waals surface area (Å²) in [5.74, 6) is 2.57. The Kier molecular flexibility index (Phi) is 7.35. The van der Waals surface area contributed by atoms with E-state index in [0.717, 1.165) is 17.8 Å². The Balaban J connectivity index is 3.90. The van der Waals surface area contributed by atoms with Crippen LogP contribution < -0.4 is 5.32 Å². The third-order valence-corrected chi connectivity index (χ3v) is 2.79. The van der Waals surface area contributed by atoms with Crippen molar-refractivity contribution in [2.45, 2.75) is 47.0 Å². The first kappa shape index (κ1) is 13.0.